The van der Waals surface area contributed by atoms with E-state index in [0.29, 0.717) is 0 Å². The van der Waals surface area contributed by atoms with E-state index in [1.165, 1.54) is 12.1 Å². The molecule has 5 heteroatoms. The number of fused-ring (bicyclic) bond motifs is 1. The van der Waals surface area contributed by atoms with Crippen molar-refractivity contribution in [3.05, 3.63) is 64.7 Å². The van der Waals surface area contributed by atoms with Gasteiger partial charge in [0.2, 0.25) is 0 Å². The topological polar surface area (TPSA) is 29.9 Å². The number of nitrogens with zero attached hydrogens (tertiary/aromatic N) is 2. The van der Waals surface area contributed by atoms with E-state index in [1.807, 2.05) is 0 Å². The van der Waals surface area contributed by atoms with Crippen LogP contribution >= 0.6 is 0 Å². The summed E-state index contributed by atoms with van der Waals surface area (Å²) >= 11 is 0. The third-order valence-corrected chi connectivity index (χ3v) is 4.76. The minimum atomic E-state index is -0.617. The Balaban J connectivity index is 1.94. The third kappa shape index (κ3) is 2.98. The zero-order chi connectivity index (χ0) is 18.3. The molecule has 3 aromatic rings. The molecule has 0 bridgehead atoms. The number of hydrogen-bond acceptors (Lipinski definition) is 2. The second-order valence-corrected chi connectivity index (χ2v) is 6.94. The minimum Gasteiger partial charge on any atom is -0.370 e. The second kappa shape index (κ2) is 6.56. The summed E-state index contributed by atoms with van der Waals surface area (Å²) in [6.07, 6.45) is 2.98. The van der Waals surface area contributed by atoms with Gasteiger partial charge in [-0.2, -0.15) is 5.10 Å². The molecule has 2 heterocycles. The first-order valence-electron chi connectivity index (χ1n) is 8.93. The van der Waals surface area contributed by atoms with Crippen molar-refractivity contribution in [3.63, 3.8) is 0 Å². The highest BCUT2D eigenvalue weighted by Crippen LogP contribution is 2.35. The predicted octanol–water partition coefficient (Wildman–Crippen LogP) is 5.18. The molecular weight excluding hydrogens is 332 g/mol. The first-order chi connectivity index (χ1) is 12.5. The molecule has 1 aromatic heterocycles. The van der Waals surface area contributed by atoms with Crippen molar-refractivity contribution in [1.29, 1.82) is 0 Å². The Morgan fingerprint density at radius 3 is 2.50 bits per heavy atom. The summed E-state index contributed by atoms with van der Waals surface area (Å²) in [5.41, 5.74) is 5.58. The van der Waals surface area contributed by atoms with Gasteiger partial charge < -0.3 is 5.32 Å². The Hall–Kier alpha value is -2.69. The fraction of sp³-hybridized carbons (Fsp3) is 0.286. The van der Waals surface area contributed by atoms with Gasteiger partial charge in [0.15, 0.2) is 5.82 Å². The highest BCUT2D eigenvalue weighted by atomic mass is 19.1. The van der Waals surface area contributed by atoms with Crippen molar-refractivity contribution in [2.75, 3.05) is 11.9 Å². The number of rotatable bonds is 2. The molecular formula is C21H21F2N3. The van der Waals surface area contributed by atoms with E-state index >= 15 is 0 Å². The minimum absolute atomic E-state index is 0.257. The average molecular weight is 353 g/mol. The average Bonchev–Trinajstić information content (AvgIpc) is 2.76. The smallest absolute Gasteiger partial charge is 0.151 e. The number of hydrogen-bond donors (Lipinski definition) is 1. The summed E-state index contributed by atoms with van der Waals surface area (Å²) in [6, 6.07) is 9.93. The number of halogens is 2. The molecule has 1 N–H and O–H groups in total. The highest BCUT2D eigenvalue weighted by Gasteiger charge is 2.23. The van der Waals surface area contributed by atoms with Crippen LogP contribution < -0.4 is 5.32 Å². The number of benzene rings is 2. The van der Waals surface area contributed by atoms with Gasteiger partial charge in [-0.15, -0.1) is 0 Å². The van der Waals surface area contributed by atoms with Gasteiger partial charge in [-0.1, -0.05) is 17.2 Å². The fourth-order valence-corrected chi connectivity index (χ4v) is 3.67. The molecule has 0 aliphatic carbocycles. The number of aryl methyl sites for hydroxylation is 2. The Morgan fingerprint density at radius 2 is 1.77 bits per heavy atom. The molecule has 134 valence electrons. The summed E-state index contributed by atoms with van der Waals surface area (Å²) in [5.74, 6) is -0.400. The quantitative estimate of drug-likeness (QED) is 0.688. The monoisotopic (exact) mass is 353 g/mol. The summed E-state index contributed by atoms with van der Waals surface area (Å²) in [5, 5.41) is 8.13. The fourth-order valence-electron chi connectivity index (χ4n) is 3.67. The molecule has 3 nitrogen and oxygen atoms in total. The Morgan fingerprint density at radius 1 is 1.00 bits per heavy atom. The van der Waals surface area contributed by atoms with Gasteiger partial charge in [0.05, 0.1) is 5.69 Å². The van der Waals surface area contributed by atoms with Gasteiger partial charge in [0, 0.05) is 23.7 Å². The van der Waals surface area contributed by atoms with Gasteiger partial charge in [-0.05, 0) is 57.4 Å². The van der Waals surface area contributed by atoms with Crippen molar-refractivity contribution in [3.8, 4) is 16.9 Å². The van der Waals surface area contributed by atoms with Gasteiger partial charge >= 0.3 is 0 Å². The molecule has 0 saturated heterocycles. The molecule has 4 rings (SSSR count). The van der Waals surface area contributed by atoms with E-state index in [-0.39, 0.29) is 5.69 Å². The lowest BCUT2D eigenvalue weighted by molar-refractivity contribution is 0.574. The van der Waals surface area contributed by atoms with Crippen LogP contribution in [0.2, 0.25) is 0 Å². The summed E-state index contributed by atoms with van der Waals surface area (Å²) in [7, 11) is 0. The normalized spacial score (nSPS) is 13.8. The molecule has 0 spiro atoms. The molecule has 0 fully saturated rings. The highest BCUT2D eigenvalue weighted by molar-refractivity contribution is 5.72. The van der Waals surface area contributed by atoms with E-state index in [2.05, 4.69) is 37.4 Å². The van der Waals surface area contributed by atoms with Gasteiger partial charge in [0.25, 0.3) is 0 Å². The van der Waals surface area contributed by atoms with Gasteiger partial charge in [0.1, 0.15) is 17.3 Å². The lowest BCUT2D eigenvalue weighted by Crippen LogP contribution is -2.08. The van der Waals surface area contributed by atoms with Crippen LogP contribution in [0.1, 0.15) is 29.5 Å². The largest absolute Gasteiger partial charge is 0.370 e. The maximum Gasteiger partial charge on any atom is 0.151 e. The molecule has 0 radical (unpaired) electrons. The molecule has 1 aliphatic rings. The molecule has 1 aliphatic heterocycles. The van der Waals surface area contributed by atoms with Crippen molar-refractivity contribution in [1.82, 2.24) is 9.78 Å². The standard InChI is InChI=1S/C21H21F2N3/c1-13-9-14(2)11-15(10-13)20-17-5-3-4-8-24-21(17)26(25-20)19-7-6-16(22)12-18(19)23/h6-7,9-12,24H,3-5,8H2,1-2H3. The molecule has 0 unspecified atom stereocenters. The van der Waals surface area contributed by atoms with E-state index in [1.54, 1.807) is 4.68 Å². The summed E-state index contributed by atoms with van der Waals surface area (Å²) < 4.78 is 29.3. The second-order valence-electron chi connectivity index (χ2n) is 6.94. The molecule has 0 amide bonds. The molecule has 0 saturated carbocycles. The van der Waals surface area contributed by atoms with Crippen molar-refractivity contribution >= 4 is 5.82 Å². The maximum absolute atomic E-state index is 14.4. The number of nitrogens with one attached hydrogen (secondary N) is 1. The Kier molecular flexibility index (Phi) is 4.23. The summed E-state index contributed by atoms with van der Waals surface area (Å²) in [4.78, 5) is 0. The number of anilines is 1. The van der Waals surface area contributed by atoms with Crippen LogP contribution in [0.3, 0.4) is 0 Å². The van der Waals surface area contributed by atoms with Crippen molar-refractivity contribution < 1.29 is 8.78 Å². The molecule has 0 atom stereocenters. The molecule has 2 aromatic carbocycles. The lowest BCUT2D eigenvalue weighted by atomic mass is 10.00. The molecule has 26 heavy (non-hydrogen) atoms. The zero-order valence-corrected chi connectivity index (χ0v) is 14.9. The van der Waals surface area contributed by atoms with Crippen LogP contribution in [-0.2, 0) is 6.42 Å². The third-order valence-electron chi connectivity index (χ3n) is 4.76. The van der Waals surface area contributed by atoms with Crippen molar-refractivity contribution in [2.24, 2.45) is 0 Å². The van der Waals surface area contributed by atoms with E-state index in [4.69, 9.17) is 5.10 Å². The van der Waals surface area contributed by atoms with Gasteiger partial charge in [-0.3, -0.25) is 0 Å². The van der Waals surface area contributed by atoms with E-state index in [9.17, 15) is 8.78 Å². The zero-order valence-electron chi connectivity index (χ0n) is 14.9. The van der Waals surface area contributed by atoms with Crippen LogP contribution in [0, 0.1) is 25.5 Å². The predicted molar refractivity (Wildman–Crippen MR) is 99.8 cm³/mol. The van der Waals surface area contributed by atoms with Crippen LogP contribution in [0.15, 0.2) is 36.4 Å². The first-order valence-corrected chi connectivity index (χ1v) is 8.93. The number of aromatic nitrogens is 2. The lowest BCUT2D eigenvalue weighted by Gasteiger charge is -2.10. The van der Waals surface area contributed by atoms with Crippen LogP contribution in [-0.4, -0.2) is 16.3 Å². The summed E-state index contributed by atoms with van der Waals surface area (Å²) in [6.45, 7) is 4.93. The first kappa shape index (κ1) is 16.8. The Labute approximate surface area is 151 Å². The maximum atomic E-state index is 14.4. The van der Waals surface area contributed by atoms with E-state index in [0.717, 1.165) is 65.6 Å². The van der Waals surface area contributed by atoms with E-state index < -0.39 is 11.6 Å². The SMILES string of the molecule is Cc1cc(C)cc(-c2nn(-c3ccc(F)cc3F)c3c2CCCCN3)c1. The van der Waals surface area contributed by atoms with Gasteiger partial charge in [-0.25, -0.2) is 13.5 Å². The van der Waals surface area contributed by atoms with Crippen LogP contribution in [0.4, 0.5) is 14.6 Å². The van der Waals surface area contributed by atoms with Crippen LogP contribution in [0.25, 0.3) is 16.9 Å². The Bertz CT molecular complexity index is 955. The van der Waals surface area contributed by atoms with Crippen molar-refractivity contribution in [2.45, 2.75) is 33.1 Å². The van der Waals surface area contributed by atoms with Crippen LogP contribution in [0.5, 0.6) is 0 Å².